The highest BCUT2D eigenvalue weighted by Gasteiger charge is 2.30. The number of hydrogen-bond acceptors (Lipinski definition) is 3. The van der Waals surface area contributed by atoms with E-state index in [0.29, 0.717) is 19.5 Å². The number of aryl methyl sites for hydroxylation is 1. The highest BCUT2D eigenvalue weighted by Crippen LogP contribution is 2.24. The molecule has 1 unspecified atom stereocenters. The topological polar surface area (TPSA) is 82.0 Å². The highest BCUT2D eigenvalue weighted by molar-refractivity contribution is 5.95. The fraction of sp³-hybridized carbons (Fsp3) is 0.455. The van der Waals surface area contributed by atoms with Gasteiger partial charge in [0.25, 0.3) is 0 Å². The minimum absolute atomic E-state index is 0.0637. The molecule has 2 heterocycles. The van der Waals surface area contributed by atoms with Crippen molar-refractivity contribution in [3.05, 3.63) is 34.5 Å². The van der Waals surface area contributed by atoms with Gasteiger partial charge in [-0.2, -0.15) is 0 Å². The van der Waals surface area contributed by atoms with E-state index in [4.69, 9.17) is 5.53 Å². The lowest BCUT2D eigenvalue weighted by molar-refractivity contribution is -0.117. The first-order chi connectivity index (χ1) is 8.20. The second-order valence-electron chi connectivity index (χ2n) is 4.15. The lowest BCUT2D eigenvalue weighted by Gasteiger charge is -2.15. The van der Waals surface area contributed by atoms with Crippen LogP contribution in [0.15, 0.2) is 23.4 Å². The molecule has 1 aromatic rings. The predicted molar refractivity (Wildman–Crippen MR) is 63.4 cm³/mol. The fourth-order valence-electron chi connectivity index (χ4n) is 1.93. The molecule has 1 aliphatic rings. The van der Waals surface area contributed by atoms with Crippen LogP contribution in [0, 0.1) is 12.8 Å². The van der Waals surface area contributed by atoms with E-state index in [2.05, 4.69) is 15.0 Å². The van der Waals surface area contributed by atoms with Crippen molar-refractivity contribution in [3.63, 3.8) is 0 Å². The molecule has 6 nitrogen and oxygen atoms in total. The van der Waals surface area contributed by atoms with Gasteiger partial charge in [-0.05, 0) is 30.5 Å². The van der Waals surface area contributed by atoms with E-state index < -0.39 is 0 Å². The molecule has 0 spiro atoms. The Morgan fingerprint density at radius 1 is 1.65 bits per heavy atom. The number of rotatable bonds is 3. The Balaban J connectivity index is 2.10. The fourth-order valence-corrected chi connectivity index (χ4v) is 1.93. The molecule has 1 fully saturated rings. The van der Waals surface area contributed by atoms with Gasteiger partial charge in [-0.3, -0.25) is 9.78 Å². The van der Waals surface area contributed by atoms with Crippen molar-refractivity contribution in [1.82, 2.24) is 4.98 Å². The normalized spacial score (nSPS) is 19.2. The van der Waals surface area contributed by atoms with E-state index in [1.807, 2.05) is 19.1 Å². The molecular weight excluding hydrogens is 218 g/mol. The molecule has 0 aromatic carbocycles. The SMILES string of the molecule is Cc1ccc(N2CC(CN=[N+]=[N-])CC2=O)cn1. The summed E-state index contributed by atoms with van der Waals surface area (Å²) in [6, 6.07) is 3.76. The molecule has 88 valence electrons. The van der Waals surface area contributed by atoms with Gasteiger partial charge >= 0.3 is 0 Å². The first-order valence-electron chi connectivity index (χ1n) is 5.44. The van der Waals surface area contributed by atoms with Crippen molar-refractivity contribution >= 4 is 11.6 Å². The van der Waals surface area contributed by atoms with Crippen molar-refractivity contribution in [2.75, 3.05) is 18.0 Å². The van der Waals surface area contributed by atoms with Gasteiger partial charge in [0.2, 0.25) is 5.91 Å². The smallest absolute Gasteiger partial charge is 0.227 e. The Labute approximate surface area is 98.9 Å². The number of pyridine rings is 1. The molecule has 1 saturated heterocycles. The number of aromatic nitrogens is 1. The Morgan fingerprint density at radius 2 is 2.47 bits per heavy atom. The van der Waals surface area contributed by atoms with Gasteiger partial charge in [0.15, 0.2) is 0 Å². The van der Waals surface area contributed by atoms with Crippen LogP contribution in [0.1, 0.15) is 12.1 Å². The van der Waals surface area contributed by atoms with E-state index in [0.717, 1.165) is 11.4 Å². The summed E-state index contributed by atoms with van der Waals surface area (Å²) in [5.74, 6) is 0.175. The van der Waals surface area contributed by atoms with Crippen LogP contribution < -0.4 is 4.90 Å². The summed E-state index contributed by atoms with van der Waals surface area (Å²) < 4.78 is 0. The first kappa shape index (κ1) is 11.4. The molecule has 0 radical (unpaired) electrons. The molecule has 2 rings (SSSR count). The van der Waals surface area contributed by atoms with Crippen LogP contribution in [-0.2, 0) is 4.79 Å². The summed E-state index contributed by atoms with van der Waals surface area (Å²) in [5, 5.41) is 3.52. The quantitative estimate of drug-likeness (QED) is 0.453. The summed E-state index contributed by atoms with van der Waals surface area (Å²) >= 11 is 0. The number of azide groups is 1. The standard InChI is InChI=1S/C11H13N5O/c1-8-2-3-10(6-13-8)16-7-9(4-11(16)17)5-14-15-12/h2-3,6,9H,4-5,7H2,1H3. The molecule has 1 atom stereocenters. The van der Waals surface area contributed by atoms with Crippen molar-refractivity contribution in [1.29, 1.82) is 0 Å². The monoisotopic (exact) mass is 231 g/mol. The van der Waals surface area contributed by atoms with Crippen LogP contribution in [0.4, 0.5) is 5.69 Å². The number of carbonyl (C=O) groups excluding carboxylic acids is 1. The number of carbonyl (C=O) groups is 1. The van der Waals surface area contributed by atoms with Crippen molar-refractivity contribution in [2.45, 2.75) is 13.3 Å². The predicted octanol–water partition coefficient (Wildman–Crippen LogP) is 2.05. The second-order valence-corrected chi connectivity index (χ2v) is 4.15. The Kier molecular flexibility index (Phi) is 3.25. The van der Waals surface area contributed by atoms with E-state index in [1.165, 1.54) is 0 Å². The average Bonchev–Trinajstić information content (AvgIpc) is 2.69. The van der Waals surface area contributed by atoms with Crippen LogP contribution in [0.25, 0.3) is 10.4 Å². The van der Waals surface area contributed by atoms with Gasteiger partial charge in [0.05, 0.1) is 11.9 Å². The third kappa shape index (κ3) is 2.54. The van der Waals surface area contributed by atoms with Gasteiger partial charge in [0.1, 0.15) is 0 Å². The maximum Gasteiger partial charge on any atom is 0.227 e. The summed E-state index contributed by atoms with van der Waals surface area (Å²) in [7, 11) is 0. The van der Waals surface area contributed by atoms with Crippen molar-refractivity contribution < 1.29 is 4.79 Å². The molecule has 1 aliphatic heterocycles. The summed E-state index contributed by atoms with van der Waals surface area (Å²) in [6.07, 6.45) is 2.13. The van der Waals surface area contributed by atoms with Crippen LogP contribution in [-0.4, -0.2) is 24.0 Å². The second kappa shape index (κ2) is 4.84. The first-order valence-corrected chi connectivity index (χ1v) is 5.44. The molecule has 0 bridgehead atoms. The zero-order chi connectivity index (χ0) is 12.3. The minimum Gasteiger partial charge on any atom is -0.311 e. The Hall–Kier alpha value is -2.07. The van der Waals surface area contributed by atoms with Crippen LogP contribution in [0.3, 0.4) is 0 Å². The van der Waals surface area contributed by atoms with Gasteiger partial charge in [-0.15, -0.1) is 0 Å². The third-order valence-corrected chi connectivity index (χ3v) is 2.82. The number of anilines is 1. The van der Waals surface area contributed by atoms with Crippen molar-refractivity contribution in [3.8, 4) is 0 Å². The molecular formula is C11H13N5O. The van der Waals surface area contributed by atoms with Gasteiger partial charge in [-0.1, -0.05) is 5.11 Å². The lowest BCUT2D eigenvalue weighted by Crippen LogP contribution is -2.24. The van der Waals surface area contributed by atoms with E-state index in [9.17, 15) is 4.79 Å². The average molecular weight is 231 g/mol. The van der Waals surface area contributed by atoms with Gasteiger partial charge in [0, 0.05) is 30.1 Å². The maximum absolute atomic E-state index is 11.8. The molecule has 0 saturated carbocycles. The zero-order valence-corrected chi connectivity index (χ0v) is 9.58. The van der Waals surface area contributed by atoms with E-state index in [1.54, 1.807) is 11.1 Å². The Bertz CT molecular complexity index is 463. The summed E-state index contributed by atoms with van der Waals surface area (Å²) in [6.45, 7) is 2.88. The molecule has 6 heteroatoms. The van der Waals surface area contributed by atoms with Gasteiger partial charge < -0.3 is 4.90 Å². The Morgan fingerprint density at radius 3 is 3.12 bits per heavy atom. The maximum atomic E-state index is 11.8. The molecule has 0 N–H and O–H groups in total. The third-order valence-electron chi connectivity index (χ3n) is 2.82. The molecule has 0 aliphatic carbocycles. The van der Waals surface area contributed by atoms with Crippen LogP contribution in [0.2, 0.25) is 0 Å². The molecule has 1 aromatic heterocycles. The number of amides is 1. The van der Waals surface area contributed by atoms with Crippen LogP contribution in [0.5, 0.6) is 0 Å². The van der Waals surface area contributed by atoms with Gasteiger partial charge in [-0.25, -0.2) is 0 Å². The molecule has 1 amide bonds. The van der Waals surface area contributed by atoms with E-state index in [-0.39, 0.29) is 11.8 Å². The lowest BCUT2D eigenvalue weighted by atomic mass is 10.1. The van der Waals surface area contributed by atoms with Crippen molar-refractivity contribution in [2.24, 2.45) is 11.0 Å². The minimum atomic E-state index is 0.0637. The summed E-state index contributed by atoms with van der Waals surface area (Å²) in [5.41, 5.74) is 9.99. The van der Waals surface area contributed by atoms with Crippen LogP contribution >= 0.6 is 0 Å². The highest BCUT2D eigenvalue weighted by atomic mass is 16.2. The summed E-state index contributed by atoms with van der Waals surface area (Å²) in [4.78, 5) is 20.4. The largest absolute Gasteiger partial charge is 0.311 e. The van der Waals surface area contributed by atoms with E-state index >= 15 is 0 Å². The number of nitrogens with zero attached hydrogens (tertiary/aromatic N) is 5. The molecule has 17 heavy (non-hydrogen) atoms. The number of hydrogen-bond donors (Lipinski definition) is 0. The zero-order valence-electron chi connectivity index (χ0n) is 9.58.